The van der Waals surface area contributed by atoms with Gasteiger partial charge >= 0.3 is 0 Å². The molecule has 1 aromatic heterocycles. The maximum atomic E-state index is 4.23. The molecule has 1 N–H and O–H groups in total. The minimum Gasteiger partial charge on any atom is -0.313 e. The molecular formula is C13H22N2. The molecule has 0 fully saturated rings. The number of nitrogens with one attached hydrogen (secondary N) is 1. The van der Waals surface area contributed by atoms with Gasteiger partial charge in [-0.25, -0.2) is 0 Å². The van der Waals surface area contributed by atoms with E-state index in [2.05, 4.69) is 36.3 Å². The van der Waals surface area contributed by atoms with Crippen LogP contribution in [-0.2, 0) is 0 Å². The van der Waals surface area contributed by atoms with Crippen molar-refractivity contribution in [3.8, 4) is 0 Å². The van der Waals surface area contributed by atoms with E-state index in [-0.39, 0.29) is 0 Å². The molecule has 1 aromatic rings. The molecular weight excluding hydrogens is 184 g/mol. The average Bonchev–Trinajstić information content (AvgIpc) is 2.19. The molecule has 2 nitrogen and oxygen atoms in total. The van der Waals surface area contributed by atoms with Gasteiger partial charge in [0.1, 0.15) is 0 Å². The predicted octanol–water partition coefficient (Wildman–Crippen LogP) is 3.09. The third-order valence-electron chi connectivity index (χ3n) is 2.90. The first-order valence-electron chi connectivity index (χ1n) is 5.78. The first-order valence-corrected chi connectivity index (χ1v) is 5.78. The van der Waals surface area contributed by atoms with Crippen molar-refractivity contribution in [1.29, 1.82) is 0 Å². The van der Waals surface area contributed by atoms with Crippen LogP contribution >= 0.6 is 0 Å². The second kappa shape index (κ2) is 5.86. The van der Waals surface area contributed by atoms with Gasteiger partial charge in [-0.2, -0.15) is 0 Å². The van der Waals surface area contributed by atoms with Crippen molar-refractivity contribution in [1.82, 2.24) is 10.3 Å². The van der Waals surface area contributed by atoms with Crippen LogP contribution in [0.3, 0.4) is 0 Å². The summed E-state index contributed by atoms with van der Waals surface area (Å²) in [6.45, 7) is 6.59. The van der Waals surface area contributed by atoms with Crippen molar-refractivity contribution < 1.29 is 0 Å². The Labute approximate surface area is 93.1 Å². The number of nitrogens with zero attached hydrogens (tertiary/aromatic N) is 1. The summed E-state index contributed by atoms with van der Waals surface area (Å²) in [6, 6.07) is 4.74. The van der Waals surface area contributed by atoms with E-state index in [4.69, 9.17) is 0 Å². The van der Waals surface area contributed by atoms with Gasteiger partial charge in [0.15, 0.2) is 0 Å². The topological polar surface area (TPSA) is 24.9 Å². The van der Waals surface area contributed by atoms with Gasteiger partial charge in [0.05, 0.1) is 0 Å². The first-order chi connectivity index (χ1) is 7.19. The van der Waals surface area contributed by atoms with Gasteiger partial charge < -0.3 is 5.32 Å². The maximum Gasteiger partial charge on any atom is 0.0375 e. The minimum absolute atomic E-state index is 0.451. The van der Waals surface area contributed by atoms with E-state index >= 15 is 0 Å². The standard InChI is InChI=1S/C13H22N2/c1-5-6-10(2)13(14-4)12-7-8-15-11(3)9-12/h7-10,13-14H,5-6H2,1-4H3. The molecule has 0 bridgehead atoms. The summed E-state index contributed by atoms with van der Waals surface area (Å²) in [6.07, 6.45) is 4.39. The third kappa shape index (κ3) is 3.31. The Morgan fingerprint density at radius 3 is 2.73 bits per heavy atom. The lowest BCUT2D eigenvalue weighted by molar-refractivity contribution is 0.383. The fraction of sp³-hybridized carbons (Fsp3) is 0.615. The summed E-state index contributed by atoms with van der Waals surface area (Å²) in [5.74, 6) is 0.668. The van der Waals surface area contributed by atoms with E-state index in [1.807, 2.05) is 20.2 Å². The normalized spacial score (nSPS) is 14.9. The van der Waals surface area contributed by atoms with E-state index in [0.29, 0.717) is 12.0 Å². The molecule has 0 aromatic carbocycles. The maximum absolute atomic E-state index is 4.23. The number of aromatic nitrogens is 1. The Kier molecular flexibility index (Phi) is 4.76. The number of hydrogen-bond acceptors (Lipinski definition) is 2. The van der Waals surface area contributed by atoms with Crippen molar-refractivity contribution in [2.24, 2.45) is 5.92 Å². The highest BCUT2D eigenvalue weighted by Gasteiger charge is 2.16. The summed E-state index contributed by atoms with van der Waals surface area (Å²) in [7, 11) is 2.03. The van der Waals surface area contributed by atoms with E-state index in [1.165, 1.54) is 18.4 Å². The van der Waals surface area contributed by atoms with Gasteiger partial charge in [-0.3, -0.25) is 4.98 Å². The largest absolute Gasteiger partial charge is 0.313 e. The van der Waals surface area contributed by atoms with Crippen LogP contribution in [0, 0.1) is 12.8 Å². The fourth-order valence-corrected chi connectivity index (χ4v) is 2.16. The number of rotatable bonds is 5. The zero-order chi connectivity index (χ0) is 11.3. The Morgan fingerprint density at radius 1 is 1.47 bits per heavy atom. The molecule has 15 heavy (non-hydrogen) atoms. The number of hydrogen-bond donors (Lipinski definition) is 1. The van der Waals surface area contributed by atoms with Crippen molar-refractivity contribution >= 4 is 0 Å². The fourth-order valence-electron chi connectivity index (χ4n) is 2.16. The molecule has 0 radical (unpaired) electrons. The first kappa shape index (κ1) is 12.2. The highest BCUT2D eigenvalue weighted by Crippen LogP contribution is 2.25. The van der Waals surface area contributed by atoms with Crippen molar-refractivity contribution in [3.63, 3.8) is 0 Å². The molecule has 0 saturated heterocycles. The smallest absolute Gasteiger partial charge is 0.0375 e. The zero-order valence-corrected chi connectivity index (χ0v) is 10.2. The molecule has 2 atom stereocenters. The summed E-state index contributed by atoms with van der Waals surface area (Å²) < 4.78 is 0. The van der Waals surface area contributed by atoms with Gasteiger partial charge in [-0.15, -0.1) is 0 Å². The van der Waals surface area contributed by atoms with Gasteiger partial charge in [-0.05, 0) is 44.0 Å². The monoisotopic (exact) mass is 206 g/mol. The minimum atomic E-state index is 0.451. The van der Waals surface area contributed by atoms with Crippen molar-refractivity contribution in [3.05, 3.63) is 29.6 Å². The SMILES string of the molecule is CCCC(C)C(NC)c1ccnc(C)c1. The van der Waals surface area contributed by atoms with Crippen LogP contribution in [0.25, 0.3) is 0 Å². The highest BCUT2D eigenvalue weighted by molar-refractivity contribution is 5.20. The van der Waals surface area contributed by atoms with Crippen molar-refractivity contribution in [2.75, 3.05) is 7.05 Å². The molecule has 0 spiro atoms. The summed E-state index contributed by atoms with van der Waals surface area (Å²) >= 11 is 0. The molecule has 0 amide bonds. The quantitative estimate of drug-likeness (QED) is 0.800. The number of aryl methyl sites for hydroxylation is 1. The molecule has 2 heteroatoms. The van der Waals surface area contributed by atoms with Crippen molar-refractivity contribution in [2.45, 2.75) is 39.7 Å². The molecule has 1 heterocycles. The molecule has 0 aliphatic heterocycles. The second-order valence-electron chi connectivity index (χ2n) is 4.26. The molecule has 0 saturated carbocycles. The second-order valence-corrected chi connectivity index (χ2v) is 4.26. The average molecular weight is 206 g/mol. The Hall–Kier alpha value is -0.890. The molecule has 2 unspecified atom stereocenters. The molecule has 84 valence electrons. The third-order valence-corrected chi connectivity index (χ3v) is 2.90. The van der Waals surface area contributed by atoms with Crippen LogP contribution in [-0.4, -0.2) is 12.0 Å². The zero-order valence-electron chi connectivity index (χ0n) is 10.2. The summed E-state index contributed by atoms with van der Waals surface area (Å²) in [5, 5.41) is 3.40. The summed E-state index contributed by atoms with van der Waals surface area (Å²) in [5.41, 5.74) is 2.45. The lowest BCUT2D eigenvalue weighted by Gasteiger charge is -2.23. The van der Waals surface area contributed by atoms with E-state index in [1.54, 1.807) is 0 Å². The highest BCUT2D eigenvalue weighted by atomic mass is 14.9. The van der Waals surface area contributed by atoms with Crippen LogP contribution in [0.15, 0.2) is 18.3 Å². The van der Waals surface area contributed by atoms with Crippen LogP contribution in [0.2, 0.25) is 0 Å². The Bertz CT molecular complexity index is 296. The lowest BCUT2D eigenvalue weighted by Crippen LogP contribution is -2.23. The Morgan fingerprint density at radius 2 is 2.20 bits per heavy atom. The molecule has 0 aliphatic carbocycles. The molecule has 1 rings (SSSR count). The van der Waals surface area contributed by atoms with Gasteiger partial charge in [0.2, 0.25) is 0 Å². The van der Waals surface area contributed by atoms with Crippen LogP contribution in [0.1, 0.15) is 44.0 Å². The number of pyridine rings is 1. The van der Waals surface area contributed by atoms with E-state index in [0.717, 1.165) is 5.69 Å². The predicted molar refractivity (Wildman–Crippen MR) is 64.8 cm³/mol. The summed E-state index contributed by atoms with van der Waals surface area (Å²) in [4.78, 5) is 4.23. The van der Waals surface area contributed by atoms with Crippen LogP contribution in [0.4, 0.5) is 0 Å². The molecule has 0 aliphatic rings. The van der Waals surface area contributed by atoms with Gasteiger partial charge in [0.25, 0.3) is 0 Å². The van der Waals surface area contributed by atoms with Gasteiger partial charge in [0, 0.05) is 17.9 Å². The Balaban J connectivity index is 2.82. The van der Waals surface area contributed by atoms with Crippen LogP contribution < -0.4 is 5.32 Å². The van der Waals surface area contributed by atoms with E-state index in [9.17, 15) is 0 Å². The van der Waals surface area contributed by atoms with Gasteiger partial charge in [-0.1, -0.05) is 20.3 Å². The van der Waals surface area contributed by atoms with E-state index < -0.39 is 0 Å². The van der Waals surface area contributed by atoms with Crippen LogP contribution in [0.5, 0.6) is 0 Å². The lowest BCUT2D eigenvalue weighted by atomic mass is 9.91.